The number of benzene rings is 2. The normalized spacial score (nSPS) is 10.7. The highest BCUT2D eigenvalue weighted by atomic mass is 16.5. The molecule has 27 heavy (non-hydrogen) atoms. The number of carbonyl (C=O) groups excluding carboxylic acids is 1. The molecule has 134 valence electrons. The first-order valence-corrected chi connectivity index (χ1v) is 8.30. The molecular weight excluding hydrogens is 344 g/mol. The van der Waals surface area contributed by atoms with E-state index in [1.807, 2.05) is 62.4 Å². The minimum Gasteiger partial charge on any atom is -0.328 e. The van der Waals surface area contributed by atoms with Crippen molar-refractivity contribution in [2.75, 3.05) is 5.32 Å². The fourth-order valence-electron chi connectivity index (χ4n) is 2.72. The van der Waals surface area contributed by atoms with Gasteiger partial charge in [-0.05, 0) is 49.2 Å². The van der Waals surface area contributed by atoms with Crippen LogP contribution in [0.15, 0.2) is 59.3 Å². The molecule has 0 fully saturated rings. The van der Waals surface area contributed by atoms with Crippen molar-refractivity contribution in [2.24, 2.45) is 0 Å². The molecule has 4 rings (SSSR count). The maximum Gasteiger partial charge on any atom is 0.316 e. The van der Waals surface area contributed by atoms with Crippen molar-refractivity contribution >= 4 is 11.6 Å². The smallest absolute Gasteiger partial charge is 0.316 e. The van der Waals surface area contributed by atoms with Crippen molar-refractivity contribution in [2.45, 2.75) is 13.8 Å². The predicted octanol–water partition coefficient (Wildman–Crippen LogP) is 3.19. The number of anilines is 1. The molecule has 4 aromatic rings. The Balaban J connectivity index is 1.53. The molecule has 2 heterocycles. The quantitative estimate of drug-likeness (QED) is 0.600. The zero-order chi connectivity index (χ0) is 18.8. The summed E-state index contributed by atoms with van der Waals surface area (Å²) in [7, 11) is 0. The number of nitrogens with one attached hydrogen (secondary N) is 1. The van der Waals surface area contributed by atoms with Gasteiger partial charge in [0.1, 0.15) is 0 Å². The molecule has 0 bridgehead atoms. The largest absolute Gasteiger partial charge is 0.328 e. The first-order chi connectivity index (χ1) is 13.1. The lowest BCUT2D eigenvalue weighted by Crippen LogP contribution is -2.12. The zero-order valence-electron chi connectivity index (χ0n) is 14.7. The van der Waals surface area contributed by atoms with Crippen LogP contribution in [-0.2, 0) is 0 Å². The zero-order valence-corrected chi connectivity index (χ0v) is 14.7. The maximum absolute atomic E-state index is 12.4. The third kappa shape index (κ3) is 3.59. The Labute approximate surface area is 154 Å². The summed E-state index contributed by atoms with van der Waals surface area (Å²) in [4.78, 5) is 16.5. The highest BCUT2D eigenvalue weighted by Gasteiger charge is 2.18. The first kappa shape index (κ1) is 16.6. The number of aromatic nitrogens is 5. The van der Waals surface area contributed by atoms with E-state index in [0.717, 1.165) is 16.8 Å². The van der Waals surface area contributed by atoms with Crippen molar-refractivity contribution in [3.05, 3.63) is 71.7 Å². The lowest BCUT2D eigenvalue weighted by Gasteiger charge is -2.04. The van der Waals surface area contributed by atoms with Gasteiger partial charge in [0.25, 0.3) is 0 Å². The van der Waals surface area contributed by atoms with E-state index in [2.05, 4.69) is 25.8 Å². The van der Waals surface area contributed by atoms with Gasteiger partial charge in [-0.3, -0.25) is 4.79 Å². The van der Waals surface area contributed by atoms with Gasteiger partial charge in [-0.2, -0.15) is 4.98 Å². The Kier molecular flexibility index (Phi) is 4.21. The Morgan fingerprint density at radius 1 is 1.07 bits per heavy atom. The topological polar surface area (TPSA) is 98.7 Å². The van der Waals surface area contributed by atoms with Crippen LogP contribution < -0.4 is 5.32 Å². The molecule has 2 aromatic heterocycles. The van der Waals surface area contributed by atoms with Crippen molar-refractivity contribution in [3.8, 4) is 17.2 Å². The Hall–Kier alpha value is -3.81. The molecule has 0 spiro atoms. The van der Waals surface area contributed by atoms with Crippen LogP contribution in [0.25, 0.3) is 17.2 Å². The van der Waals surface area contributed by atoms with Gasteiger partial charge in [0.2, 0.25) is 5.82 Å². The monoisotopic (exact) mass is 360 g/mol. The molecule has 0 atom stereocenters. The second kappa shape index (κ2) is 6.83. The Bertz CT molecular complexity index is 1080. The number of hydrogen-bond acceptors (Lipinski definition) is 6. The summed E-state index contributed by atoms with van der Waals surface area (Å²) in [5.74, 6) is -0.421. The van der Waals surface area contributed by atoms with E-state index in [9.17, 15) is 4.79 Å². The van der Waals surface area contributed by atoms with Gasteiger partial charge >= 0.3 is 11.8 Å². The molecule has 0 aliphatic heterocycles. The second-order valence-corrected chi connectivity index (χ2v) is 6.14. The summed E-state index contributed by atoms with van der Waals surface area (Å²) >= 11 is 0. The predicted molar refractivity (Wildman–Crippen MR) is 98.5 cm³/mol. The average molecular weight is 360 g/mol. The van der Waals surface area contributed by atoms with Crippen LogP contribution in [0.3, 0.4) is 0 Å². The molecule has 2 aromatic carbocycles. The second-order valence-electron chi connectivity index (χ2n) is 6.14. The van der Waals surface area contributed by atoms with Gasteiger partial charge in [-0.25, -0.2) is 4.68 Å². The fourth-order valence-corrected chi connectivity index (χ4v) is 2.72. The third-order valence-electron chi connectivity index (χ3n) is 3.84. The summed E-state index contributed by atoms with van der Waals surface area (Å²) in [6, 6.07) is 15.3. The highest BCUT2D eigenvalue weighted by Crippen LogP contribution is 2.17. The van der Waals surface area contributed by atoms with Crippen molar-refractivity contribution in [1.82, 2.24) is 25.1 Å². The van der Waals surface area contributed by atoms with Crippen molar-refractivity contribution < 1.29 is 9.32 Å². The van der Waals surface area contributed by atoms with Gasteiger partial charge in [0.15, 0.2) is 5.69 Å². The molecule has 0 radical (unpaired) electrons. The van der Waals surface area contributed by atoms with E-state index < -0.39 is 5.91 Å². The number of nitrogens with zero attached hydrogens (tertiary/aromatic N) is 5. The van der Waals surface area contributed by atoms with E-state index in [1.54, 1.807) is 10.9 Å². The van der Waals surface area contributed by atoms with Crippen LogP contribution in [0, 0.1) is 13.8 Å². The van der Waals surface area contributed by atoms with E-state index in [4.69, 9.17) is 4.52 Å². The van der Waals surface area contributed by atoms with Gasteiger partial charge < -0.3 is 9.84 Å². The van der Waals surface area contributed by atoms with Gasteiger partial charge in [-0.15, -0.1) is 5.10 Å². The van der Waals surface area contributed by atoms with Gasteiger partial charge in [0, 0.05) is 5.69 Å². The first-order valence-electron chi connectivity index (χ1n) is 8.30. The number of rotatable bonds is 4. The Morgan fingerprint density at radius 3 is 2.56 bits per heavy atom. The van der Waals surface area contributed by atoms with E-state index >= 15 is 0 Å². The molecule has 0 unspecified atom stereocenters. The average Bonchev–Trinajstić information content (AvgIpc) is 3.31. The van der Waals surface area contributed by atoms with Crippen LogP contribution in [0.2, 0.25) is 0 Å². The molecule has 0 saturated heterocycles. The summed E-state index contributed by atoms with van der Waals surface area (Å²) < 4.78 is 6.68. The summed E-state index contributed by atoms with van der Waals surface area (Å²) in [6.07, 6.45) is 1.67. The van der Waals surface area contributed by atoms with E-state index in [-0.39, 0.29) is 11.7 Å². The molecule has 8 nitrogen and oxygen atoms in total. The summed E-state index contributed by atoms with van der Waals surface area (Å²) in [6.45, 7) is 3.92. The lowest BCUT2D eigenvalue weighted by molar-refractivity contribution is 0.0981. The van der Waals surface area contributed by atoms with Crippen LogP contribution in [-0.4, -0.2) is 31.0 Å². The maximum atomic E-state index is 12.4. The molecule has 0 aliphatic rings. The Morgan fingerprint density at radius 2 is 1.81 bits per heavy atom. The molecule has 8 heteroatoms. The molecule has 1 amide bonds. The van der Waals surface area contributed by atoms with Crippen LogP contribution in [0.1, 0.15) is 21.8 Å². The third-order valence-corrected chi connectivity index (χ3v) is 3.84. The molecular formula is C19H16N6O2. The number of hydrogen-bond donors (Lipinski definition) is 1. The SMILES string of the molecule is Cc1cc(C)cc(NC(=O)c2nc(-c3cn(-c4ccccc4)nn3)no2)c1. The lowest BCUT2D eigenvalue weighted by atomic mass is 10.1. The minimum absolute atomic E-state index is 0.140. The number of amides is 1. The minimum atomic E-state index is -0.478. The van der Waals surface area contributed by atoms with Crippen LogP contribution in [0.4, 0.5) is 5.69 Å². The van der Waals surface area contributed by atoms with E-state index in [1.165, 1.54) is 0 Å². The molecule has 0 saturated carbocycles. The number of carbonyl (C=O) groups is 1. The van der Waals surface area contributed by atoms with Crippen molar-refractivity contribution in [1.29, 1.82) is 0 Å². The number of para-hydroxylation sites is 1. The van der Waals surface area contributed by atoms with Crippen LogP contribution in [0.5, 0.6) is 0 Å². The van der Waals surface area contributed by atoms with Crippen LogP contribution >= 0.6 is 0 Å². The fraction of sp³-hybridized carbons (Fsp3) is 0.105. The van der Waals surface area contributed by atoms with Gasteiger partial charge in [0.05, 0.1) is 11.9 Å². The van der Waals surface area contributed by atoms with Crippen molar-refractivity contribution in [3.63, 3.8) is 0 Å². The van der Waals surface area contributed by atoms with E-state index in [0.29, 0.717) is 11.4 Å². The highest BCUT2D eigenvalue weighted by molar-refractivity contribution is 6.01. The summed E-state index contributed by atoms with van der Waals surface area (Å²) in [5.41, 5.74) is 4.04. The summed E-state index contributed by atoms with van der Waals surface area (Å²) in [5, 5.41) is 14.7. The standard InChI is InChI=1S/C19H16N6O2/c1-12-8-13(2)10-14(9-12)20-18(26)19-21-17(23-27-19)16-11-25(24-22-16)15-6-4-3-5-7-15/h3-11H,1-2H3,(H,20,26). The molecule has 0 aliphatic carbocycles. The number of aryl methyl sites for hydroxylation is 2. The molecule has 1 N–H and O–H groups in total. The van der Waals surface area contributed by atoms with Gasteiger partial charge in [-0.1, -0.05) is 34.6 Å².